The highest BCUT2D eigenvalue weighted by molar-refractivity contribution is 6.74. The summed E-state index contributed by atoms with van der Waals surface area (Å²) >= 11 is 0. The summed E-state index contributed by atoms with van der Waals surface area (Å²) in [5.41, 5.74) is 0. The first-order chi connectivity index (χ1) is 8.61. The molecule has 0 unspecified atom stereocenters. The normalized spacial score (nSPS) is 12.6. The van der Waals surface area contributed by atoms with Crippen LogP contribution >= 0.6 is 0 Å². The molecule has 0 rings (SSSR count). The topological polar surface area (TPSA) is 54.0 Å². The summed E-state index contributed by atoms with van der Waals surface area (Å²) in [6.45, 7) is 10.6. The Morgan fingerprint density at radius 2 is 1.39 bits per heavy atom. The number of hydrogen-bond acceptors (Lipinski definition) is 5. The van der Waals surface area contributed by atoms with Crippen LogP contribution in [0.3, 0.4) is 0 Å². The minimum atomic E-state index is -3.14. The zero-order chi connectivity index (χ0) is 14.0. The van der Waals surface area contributed by atoms with E-state index < -0.39 is 14.8 Å². The first-order valence-electron chi connectivity index (χ1n) is 6.37. The molecule has 0 aliphatic heterocycles. The zero-order valence-corrected chi connectivity index (χ0v) is 12.9. The highest BCUT2D eigenvalue weighted by Gasteiger charge is 2.49. The minimum absolute atomic E-state index is 0.311. The average Bonchev–Trinajstić information content (AvgIpc) is 2.31. The smallest absolute Gasteiger partial charge is 0.463 e. The van der Waals surface area contributed by atoms with E-state index in [4.69, 9.17) is 18.0 Å². The molecule has 0 N–H and O–H groups in total. The van der Waals surface area contributed by atoms with Gasteiger partial charge in [-0.25, -0.2) is 4.79 Å². The SMILES string of the molecule is C/C=C(\C(=O)OCC)[Si](OCC)(OCC)OCC. The Morgan fingerprint density at radius 3 is 1.67 bits per heavy atom. The molecule has 106 valence electrons. The highest BCUT2D eigenvalue weighted by atomic mass is 28.4. The predicted molar refractivity (Wildman–Crippen MR) is 71.0 cm³/mol. The number of carbonyl (C=O) groups excluding carboxylic acids is 1. The molecule has 18 heavy (non-hydrogen) atoms. The highest BCUT2D eigenvalue weighted by Crippen LogP contribution is 2.21. The second-order valence-electron chi connectivity index (χ2n) is 3.28. The van der Waals surface area contributed by atoms with Crippen molar-refractivity contribution >= 4 is 14.8 Å². The quantitative estimate of drug-likeness (QED) is 0.367. The molecule has 0 aliphatic rings. The summed E-state index contributed by atoms with van der Waals surface area (Å²) < 4.78 is 22.0. The molecule has 0 spiro atoms. The monoisotopic (exact) mass is 276 g/mol. The van der Waals surface area contributed by atoms with Crippen molar-refractivity contribution in [2.24, 2.45) is 0 Å². The number of esters is 1. The van der Waals surface area contributed by atoms with E-state index in [-0.39, 0.29) is 0 Å². The Morgan fingerprint density at radius 1 is 0.944 bits per heavy atom. The molecule has 0 saturated carbocycles. The standard InChI is InChI=1S/C12H24O5Si/c1-6-11(12(13)14-7-2)18(15-8-3,16-9-4)17-10-5/h6H,7-10H2,1-5H3/b11-6+. The lowest BCUT2D eigenvalue weighted by Crippen LogP contribution is -2.51. The fourth-order valence-electron chi connectivity index (χ4n) is 1.56. The van der Waals surface area contributed by atoms with E-state index in [9.17, 15) is 4.79 Å². The summed E-state index contributed by atoms with van der Waals surface area (Å²) in [6.07, 6.45) is 1.66. The van der Waals surface area contributed by atoms with Crippen LogP contribution in [0.5, 0.6) is 0 Å². The number of allylic oxidation sites excluding steroid dienone is 1. The Labute approximate surface area is 110 Å². The van der Waals surface area contributed by atoms with Gasteiger partial charge in [0, 0.05) is 19.8 Å². The van der Waals surface area contributed by atoms with E-state index in [0.29, 0.717) is 31.6 Å². The van der Waals surface area contributed by atoms with Crippen molar-refractivity contribution in [3.63, 3.8) is 0 Å². The van der Waals surface area contributed by atoms with Gasteiger partial charge in [-0.3, -0.25) is 0 Å². The maximum absolute atomic E-state index is 11.9. The van der Waals surface area contributed by atoms with Crippen LogP contribution < -0.4 is 0 Å². The van der Waals surface area contributed by atoms with Crippen molar-refractivity contribution in [2.75, 3.05) is 26.4 Å². The third kappa shape index (κ3) is 4.53. The number of rotatable bonds is 9. The van der Waals surface area contributed by atoms with Crippen LogP contribution in [0.2, 0.25) is 0 Å². The lowest BCUT2D eigenvalue weighted by molar-refractivity contribution is -0.138. The fraction of sp³-hybridized carbons (Fsp3) is 0.750. The molecule has 5 nitrogen and oxygen atoms in total. The lowest BCUT2D eigenvalue weighted by Gasteiger charge is -2.29. The Kier molecular flexibility index (Phi) is 8.91. The van der Waals surface area contributed by atoms with Crippen molar-refractivity contribution in [3.05, 3.63) is 11.3 Å². The molecule has 6 heteroatoms. The van der Waals surface area contributed by atoms with Gasteiger partial charge in [-0.1, -0.05) is 6.08 Å². The Balaban J connectivity index is 5.27. The van der Waals surface area contributed by atoms with Crippen molar-refractivity contribution in [1.29, 1.82) is 0 Å². The Hall–Kier alpha value is -0.693. The van der Waals surface area contributed by atoms with E-state index in [2.05, 4.69) is 0 Å². The molecule has 0 aromatic rings. The number of ether oxygens (including phenoxy) is 1. The first kappa shape index (κ1) is 17.3. The third-order valence-corrected chi connectivity index (χ3v) is 5.28. The number of hydrogen-bond donors (Lipinski definition) is 0. The summed E-state index contributed by atoms with van der Waals surface area (Å²) in [4.78, 5) is 11.9. The number of carbonyl (C=O) groups is 1. The molecule has 0 radical (unpaired) electrons. The van der Waals surface area contributed by atoms with Gasteiger partial charge in [-0.05, 0) is 34.6 Å². The van der Waals surface area contributed by atoms with Gasteiger partial charge < -0.3 is 18.0 Å². The van der Waals surface area contributed by atoms with E-state index in [1.807, 2.05) is 20.8 Å². The third-order valence-electron chi connectivity index (χ3n) is 2.12. The molecule has 0 aliphatic carbocycles. The van der Waals surface area contributed by atoms with Crippen molar-refractivity contribution in [2.45, 2.75) is 34.6 Å². The van der Waals surface area contributed by atoms with Gasteiger partial charge in [0.15, 0.2) is 0 Å². The molecular weight excluding hydrogens is 252 g/mol. The summed E-state index contributed by atoms with van der Waals surface area (Å²) in [7, 11) is -3.14. The van der Waals surface area contributed by atoms with Crippen LogP contribution in [0.4, 0.5) is 0 Å². The first-order valence-corrected chi connectivity index (χ1v) is 8.09. The average molecular weight is 276 g/mol. The van der Waals surface area contributed by atoms with Crippen LogP contribution in [0.15, 0.2) is 11.3 Å². The van der Waals surface area contributed by atoms with Gasteiger partial charge in [0.05, 0.1) is 6.61 Å². The molecule has 0 saturated heterocycles. The van der Waals surface area contributed by atoms with Crippen LogP contribution in [0.1, 0.15) is 34.6 Å². The second-order valence-corrected chi connectivity index (χ2v) is 5.80. The van der Waals surface area contributed by atoms with Crippen molar-refractivity contribution in [1.82, 2.24) is 0 Å². The van der Waals surface area contributed by atoms with Gasteiger partial charge in [0.1, 0.15) is 5.20 Å². The zero-order valence-electron chi connectivity index (χ0n) is 11.9. The largest absolute Gasteiger partial charge is 0.544 e. The maximum atomic E-state index is 11.9. The van der Waals surface area contributed by atoms with Gasteiger partial charge in [-0.15, -0.1) is 0 Å². The van der Waals surface area contributed by atoms with Crippen molar-refractivity contribution in [3.8, 4) is 0 Å². The fourth-order valence-corrected chi connectivity index (χ4v) is 4.09. The van der Waals surface area contributed by atoms with Crippen molar-refractivity contribution < 1.29 is 22.8 Å². The van der Waals surface area contributed by atoms with Crippen LogP contribution in [-0.4, -0.2) is 41.2 Å². The summed E-state index contributed by atoms with van der Waals surface area (Å²) in [5.74, 6) is -0.429. The van der Waals surface area contributed by atoms with Gasteiger partial charge in [0.25, 0.3) is 0 Å². The van der Waals surface area contributed by atoms with Crippen LogP contribution in [-0.2, 0) is 22.8 Å². The van der Waals surface area contributed by atoms with E-state index >= 15 is 0 Å². The summed E-state index contributed by atoms with van der Waals surface area (Å²) in [6, 6.07) is 0. The molecule has 0 aromatic carbocycles. The molecule has 0 atom stereocenters. The molecule has 0 fully saturated rings. The molecule has 0 heterocycles. The minimum Gasteiger partial charge on any atom is -0.463 e. The summed E-state index contributed by atoms with van der Waals surface area (Å²) in [5, 5.41) is 0.370. The maximum Gasteiger partial charge on any atom is 0.544 e. The Bertz CT molecular complexity index is 261. The molecular formula is C12H24O5Si. The lowest BCUT2D eigenvalue weighted by atomic mass is 10.5. The van der Waals surface area contributed by atoms with E-state index in [0.717, 1.165) is 0 Å². The van der Waals surface area contributed by atoms with Gasteiger partial charge in [-0.2, -0.15) is 0 Å². The van der Waals surface area contributed by atoms with Gasteiger partial charge in [0.2, 0.25) is 0 Å². The van der Waals surface area contributed by atoms with Crippen LogP contribution in [0, 0.1) is 0 Å². The van der Waals surface area contributed by atoms with Crippen LogP contribution in [0.25, 0.3) is 0 Å². The molecule has 0 amide bonds. The van der Waals surface area contributed by atoms with Gasteiger partial charge >= 0.3 is 14.8 Å². The molecule has 0 aromatic heterocycles. The second kappa shape index (κ2) is 9.27. The van der Waals surface area contributed by atoms with E-state index in [1.165, 1.54) is 0 Å². The predicted octanol–water partition coefficient (Wildman–Crippen LogP) is 2.08. The molecule has 0 bridgehead atoms. The van der Waals surface area contributed by atoms with E-state index in [1.54, 1.807) is 19.9 Å².